The topological polar surface area (TPSA) is 78.4 Å². The van der Waals surface area contributed by atoms with Gasteiger partial charge in [0, 0.05) is 45.3 Å². The highest BCUT2D eigenvalue weighted by Gasteiger charge is 2.39. The number of hydrogen-bond acceptors (Lipinski definition) is 7. The zero-order chi connectivity index (χ0) is 22.2. The fourth-order valence-corrected chi connectivity index (χ4v) is 3.86. The van der Waals surface area contributed by atoms with E-state index in [4.69, 9.17) is 0 Å². The summed E-state index contributed by atoms with van der Waals surface area (Å²) >= 11 is 0. The number of likely N-dealkylation sites (tertiary alicyclic amines) is 1. The molecule has 4 rings (SSSR count). The van der Waals surface area contributed by atoms with Gasteiger partial charge in [-0.1, -0.05) is 0 Å². The van der Waals surface area contributed by atoms with E-state index in [9.17, 15) is 18.0 Å². The van der Waals surface area contributed by atoms with Gasteiger partial charge in [0.1, 0.15) is 17.8 Å². The van der Waals surface area contributed by atoms with E-state index in [0.29, 0.717) is 37.6 Å². The number of alkyl halides is 3. The summed E-state index contributed by atoms with van der Waals surface area (Å²) in [6, 6.07) is 4.64. The van der Waals surface area contributed by atoms with E-state index < -0.39 is 11.9 Å². The molecule has 1 saturated heterocycles. The van der Waals surface area contributed by atoms with E-state index in [2.05, 4.69) is 20.2 Å². The molecule has 0 atom stereocenters. The standard InChI is InChI=1S/C20H24F3N7O/c1-28(2)17-6-5-15(26-27-17)19(31)29-9-7-14(8-10-29)30(13-3-4-13)18-11-16(20(21,22)23)24-12-25-18/h5-6,11-14H,3-4,7-10H2,1-2H3. The van der Waals surface area contributed by atoms with E-state index in [0.717, 1.165) is 25.2 Å². The monoisotopic (exact) mass is 435 g/mol. The fraction of sp³-hybridized carbons (Fsp3) is 0.550. The molecule has 166 valence electrons. The van der Waals surface area contributed by atoms with Crippen LogP contribution in [0.3, 0.4) is 0 Å². The van der Waals surface area contributed by atoms with Crippen molar-refractivity contribution >= 4 is 17.5 Å². The lowest BCUT2D eigenvalue weighted by molar-refractivity contribution is -0.141. The molecule has 1 aliphatic carbocycles. The minimum Gasteiger partial charge on any atom is -0.361 e. The largest absolute Gasteiger partial charge is 0.433 e. The lowest BCUT2D eigenvalue weighted by Gasteiger charge is -2.39. The molecule has 0 aromatic carbocycles. The summed E-state index contributed by atoms with van der Waals surface area (Å²) in [6.45, 7) is 1.00. The second kappa shape index (κ2) is 8.27. The summed E-state index contributed by atoms with van der Waals surface area (Å²) in [6.07, 6.45) is -0.377. The molecule has 1 saturated carbocycles. The maximum absolute atomic E-state index is 13.1. The van der Waals surface area contributed by atoms with Gasteiger partial charge in [0.2, 0.25) is 0 Å². The molecule has 2 aromatic rings. The average Bonchev–Trinajstić information content (AvgIpc) is 3.59. The first-order valence-electron chi connectivity index (χ1n) is 10.2. The van der Waals surface area contributed by atoms with Gasteiger partial charge in [-0.2, -0.15) is 13.2 Å². The number of amides is 1. The van der Waals surface area contributed by atoms with Crippen molar-refractivity contribution in [3.63, 3.8) is 0 Å². The summed E-state index contributed by atoms with van der Waals surface area (Å²) in [7, 11) is 3.69. The van der Waals surface area contributed by atoms with Crippen molar-refractivity contribution in [1.29, 1.82) is 0 Å². The highest BCUT2D eigenvalue weighted by Crippen LogP contribution is 2.37. The minimum atomic E-state index is -4.51. The molecule has 0 radical (unpaired) electrons. The molecule has 11 heteroatoms. The van der Waals surface area contributed by atoms with Gasteiger partial charge < -0.3 is 14.7 Å². The maximum Gasteiger partial charge on any atom is 0.433 e. The van der Waals surface area contributed by atoms with E-state index in [1.165, 1.54) is 0 Å². The first-order valence-corrected chi connectivity index (χ1v) is 10.2. The smallest absolute Gasteiger partial charge is 0.361 e. The van der Waals surface area contributed by atoms with Crippen LogP contribution in [0.25, 0.3) is 0 Å². The molecular weight excluding hydrogens is 411 g/mol. The zero-order valence-electron chi connectivity index (χ0n) is 17.4. The van der Waals surface area contributed by atoms with Crippen molar-refractivity contribution in [1.82, 2.24) is 25.1 Å². The van der Waals surface area contributed by atoms with Crippen LogP contribution in [-0.4, -0.2) is 70.2 Å². The van der Waals surface area contributed by atoms with E-state index in [1.54, 1.807) is 21.9 Å². The molecule has 2 aromatic heterocycles. The third-order valence-electron chi connectivity index (χ3n) is 5.62. The van der Waals surface area contributed by atoms with Crippen molar-refractivity contribution in [2.24, 2.45) is 0 Å². The van der Waals surface area contributed by atoms with Crippen molar-refractivity contribution in [3.05, 3.63) is 35.9 Å². The van der Waals surface area contributed by atoms with Gasteiger partial charge >= 0.3 is 6.18 Å². The molecule has 2 fully saturated rings. The summed E-state index contributed by atoms with van der Waals surface area (Å²) < 4.78 is 39.3. The lowest BCUT2D eigenvalue weighted by Crippen LogP contribution is -2.48. The van der Waals surface area contributed by atoms with Crippen LogP contribution in [0, 0.1) is 0 Å². The van der Waals surface area contributed by atoms with Crippen LogP contribution in [0.4, 0.5) is 24.8 Å². The molecule has 1 amide bonds. The van der Waals surface area contributed by atoms with Crippen molar-refractivity contribution in [2.45, 2.75) is 43.9 Å². The summed E-state index contributed by atoms with van der Waals surface area (Å²) in [5, 5.41) is 8.08. The van der Waals surface area contributed by atoms with Gasteiger partial charge in [-0.15, -0.1) is 10.2 Å². The van der Waals surface area contributed by atoms with Crippen LogP contribution >= 0.6 is 0 Å². The number of rotatable bonds is 5. The molecular formula is C20H24F3N7O. The van der Waals surface area contributed by atoms with Gasteiger partial charge in [0.15, 0.2) is 11.5 Å². The molecule has 31 heavy (non-hydrogen) atoms. The number of nitrogens with zero attached hydrogens (tertiary/aromatic N) is 7. The van der Waals surface area contributed by atoms with Crippen molar-refractivity contribution < 1.29 is 18.0 Å². The van der Waals surface area contributed by atoms with Crippen LogP contribution in [0.5, 0.6) is 0 Å². The van der Waals surface area contributed by atoms with E-state index >= 15 is 0 Å². The Kier molecular flexibility index (Phi) is 5.67. The molecule has 3 heterocycles. The minimum absolute atomic E-state index is 0.0229. The molecule has 8 nitrogen and oxygen atoms in total. The number of aromatic nitrogens is 4. The number of hydrogen-bond donors (Lipinski definition) is 0. The summed E-state index contributed by atoms with van der Waals surface area (Å²) in [5.74, 6) is 0.786. The van der Waals surface area contributed by atoms with Gasteiger partial charge in [-0.25, -0.2) is 9.97 Å². The van der Waals surface area contributed by atoms with Gasteiger partial charge in [0.05, 0.1) is 0 Å². The van der Waals surface area contributed by atoms with Crippen molar-refractivity contribution in [3.8, 4) is 0 Å². The molecule has 0 unspecified atom stereocenters. The number of carbonyl (C=O) groups is 1. The quantitative estimate of drug-likeness (QED) is 0.714. The highest BCUT2D eigenvalue weighted by atomic mass is 19.4. The van der Waals surface area contributed by atoms with Crippen LogP contribution in [0.1, 0.15) is 41.9 Å². The Hall–Kier alpha value is -2.98. The predicted molar refractivity (Wildman–Crippen MR) is 108 cm³/mol. The van der Waals surface area contributed by atoms with Gasteiger partial charge in [0.25, 0.3) is 5.91 Å². The Labute approximate surface area is 178 Å². The molecule has 0 N–H and O–H groups in total. The Balaban J connectivity index is 1.44. The fourth-order valence-electron chi connectivity index (χ4n) is 3.86. The normalized spacial score (nSPS) is 17.5. The van der Waals surface area contributed by atoms with Crippen LogP contribution < -0.4 is 9.80 Å². The van der Waals surface area contributed by atoms with E-state index in [1.807, 2.05) is 19.0 Å². The second-order valence-electron chi connectivity index (χ2n) is 8.09. The number of anilines is 2. The maximum atomic E-state index is 13.1. The van der Waals surface area contributed by atoms with Gasteiger partial charge in [-0.05, 0) is 37.8 Å². The van der Waals surface area contributed by atoms with Gasteiger partial charge in [-0.3, -0.25) is 4.79 Å². The Morgan fingerprint density at radius 3 is 2.23 bits per heavy atom. The predicted octanol–water partition coefficient (Wildman–Crippen LogP) is 2.63. The summed E-state index contributed by atoms with van der Waals surface area (Å²) in [5.41, 5.74) is -0.649. The highest BCUT2D eigenvalue weighted by molar-refractivity contribution is 5.92. The van der Waals surface area contributed by atoms with Crippen molar-refractivity contribution in [2.75, 3.05) is 37.0 Å². The lowest BCUT2D eigenvalue weighted by atomic mass is 10.0. The number of piperidine rings is 1. The number of halogens is 3. The summed E-state index contributed by atoms with van der Waals surface area (Å²) in [4.78, 5) is 25.8. The van der Waals surface area contributed by atoms with Crippen LogP contribution in [0.15, 0.2) is 24.5 Å². The Morgan fingerprint density at radius 1 is 1.00 bits per heavy atom. The van der Waals surface area contributed by atoms with E-state index in [-0.39, 0.29) is 23.7 Å². The first-order chi connectivity index (χ1) is 14.7. The third kappa shape index (κ3) is 4.70. The third-order valence-corrected chi connectivity index (χ3v) is 5.62. The SMILES string of the molecule is CN(C)c1ccc(C(=O)N2CCC(N(c3cc(C(F)(F)F)ncn3)C3CC3)CC2)nn1. The molecule has 0 bridgehead atoms. The Morgan fingerprint density at radius 2 is 1.68 bits per heavy atom. The van der Waals surface area contributed by atoms with Crippen LogP contribution in [0.2, 0.25) is 0 Å². The zero-order valence-corrected chi connectivity index (χ0v) is 17.4. The molecule has 1 aliphatic heterocycles. The molecule has 0 spiro atoms. The van der Waals surface area contributed by atoms with Crippen LogP contribution in [-0.2, 0) is 6.18 Å². The Bertz CT molecular complexity index is 923. The molecule has 2 aliphatic rings. The number of carbonyl (C=O) groups excluding carboxylic acids is 1. The second-order valence-corrected chi connectivity index (χ2v) is 8.09. The first kappa shape index (κ1) is 21.3. The average molecular weight is 435 g/mol.